The van der Waals surface area contributed by atoms with Gasteiger partial charge in [-0.05, 0) is 39.8 Å². The van der Waals surface area contributed by atoms with E-state index in [1.165, 1.54) is 6.92 Å². The van der Waals surface area contributed by atoms with Gasteiger partial charge in [0.05, 0.1) is 6.54 Å². The van der Waals surface area contributed by atoms with Gasteiger partial charge in [0.1, 0.15) is 11.6 Å². The smallest absolute Gasteiger partial charge is 0.408 e. The molecule has 126 valence electrons. The Morgan fingerprint density at radius 3 is 2.26 bits per heavy atom. The monoisotopic (exact) mass is 384 g/mol. The number of benzene rings is 1. The summed E-state index contributed by atoms with van der Waals surface area (Å²) in [4.78, 5) is 35.4. The number of alkyl carbamates (subject to hydrolysis) is 1. The van der Waals surface area contributed by atoms with Crippen molar-refractivity contribution < 1.29 is 19.1 Å². The average molecular weight is 385 g/mol. The van der Waals surface area contributed by atoms with E-state index in [0.717, 1.165) is 4.47 Å². The third-order valence-electron chi connectivity index (χ3n) is 2.72. The summed E-state index contributed by atoms with van der Waals surface area (Å²) < 4.78 is 5.93. The minimum atomic E-state index is -0.803. The Kier molecular flexibility index (Phi) is 6.75. The fourth-order valence-electron chi connectivity index (χ4n) is 1.61. The first-order valence-corrected chi connectivity index (χ1v) is 7.94. The number of hydrogen-bond acceptors (Lipinski definition) is 4. The highest BCUT2D eigenvalue weighted by atomic mass is 79.9. The Bertz CT molecular complexity index is 579. The molecule has 7 heteroatoms. The van der Waals surface area contributed by atoms with Crippen LogP contribution in [0.25, 0.3) is 0 Å². The van der Waals surface area contributed by atoms with Crippen LogP contribution in [0.3, 0.4) is 0 Å². The van der Waals surface area contributed by atoms with E-state index in [2.05, 4.69) is 26.6 Å². The van der Waals surface area contributed by atoms with Gasteiger partial charge in [0.2, 0.25) is 5.91 Å². The molecule has 1 atom stereocenters. The van der Waals surface area contributed by atoms with Crippen molar-refractivity contribution in [1.29, 1.82) is 0 Å². The Labute approximate surface area is 144 Å². The van der Waals surface area contributed by atoms with Crippen LogP contribution >= 0.6 is 15.9 Å². The summed E-state index contributed by atoms with van der Waals surface area (Å²) in [6.45, 7) is 6.57. The number of ether oxygens (including phenoxy) is 1. The molecule has 0 aromatic heterocycles. The standard InChI is InChI=1S/C16H21BrN2O4/c1-10(19-15(22)23-16(2,3)4)14(21)18-9-13(20)11-5-7-12(17)8-6-11/h5-8,10H,9H2,1-4H3,(H,18,21)(H,19,22). The maximum absolute atomic E-state index is 12.0. The molecular weight excluding hydrogens is 364 g/mol. The van der Waals surface area contributed by atoms with Crippen molar-refractivity contribution in [2.45, 2.75) is 39.3 Å². The molecule has 0 spiro atoms. The molecule has 2 N–H and O–H groups in total. The van der Waals surface area contributed by atoms with E-state index >= 15 is 0 Å². The Morgan fingerprint density at radius 2 is 1.74 bits per heavy atom. The molecule has 6 nitrogen and oxygen atoms in total. The van der Waals surface area contributed by atoms with Crippen molar-refractivity contribution >= 4 is 33.7 Å². The van der Waals surface area contributed by atoms with Crippen molar-refractivity contribution in [1.82, 2.24) is 10.6 Å². The number of nitrogens with one attached hydrogen (secondary N) is 2. The molecule has 23 heavy (non-hydrogen) atoms. The van der Waals surface area contributed by atoms with Crippen LogP contribution in [0, 0.1) is 0 Å². The van der Waals surface area contributed by atoms with Gasteiger partial charge in [0, 0.05) is 10.0 Å². The van der Waals surface area contributed by atoms with Crippen LogP contribution in [-0.2, 0) is 9.53 Å². The number of amides is 2. The van der Waals surface area contributed by atoms with Gasteiger partial charge in [-0.15, -0.1) is 0 Å². The summed E-state index contributed by atoms with van der Waals surface area (Å²) in [5, 5.41) is 4.91. The zero-order valence-electron chi connectivity index (χ0n) is 13.6. The number of carbonyl (C=O) groups is 3. The molecule has 0 fully saturated rings. The third kappa shape index (κ3) is 7.27. The van der Waals surface area contributed by atoms with E-state index in [-0.39, 0.29) is 12.3 Å². The van der Waals surface area contributed by atoms with Crippen LogP contribution in [0.4, 0.5) is 4.79 Å². The summed E-state index contributed by atoms with van der Waals surface area (Å²) in [5.74, 6) is -0.670. The quantitative estimate of drug-likeness (QED) is 0.764. The van der Waals surface area contributed by atoms with Crippen LogP contribution in [-0.4, -0.2) is 36.0 Å². The lowest BCUT2D eigenvalue weighted by atomic mass is 10.1. The van der Waals surface area contributed by atoms with Crippen molar-refractivity contribution in [2.75, 3.05) is 6.54 Å². The van der Waals surface area contributed by atoms with Crippen LogP contribution in [0.15, 0.2) is 28.7 Å². The second-order valence-corrected chi connectivity index (χ2v) is 6.93. The van der Waals surface area contributed by atoms with E-state index in [4.69, 9.17) is 4.74 Å². The van der Waals surface area contributed by atoms with Gasteiger partial charge in [0.25, 0.3) is 0 Å². The normalized spacial score (nSPS) is 12.2. The Morgan fingerprint density at radius 1 is 1.17 bits per heavy atom. The maximum atomic E-state index is 12.0. The predicted octanol–water partition coefficient (Wildman–Crippen LogP) is 2.66. The number of Topliss-reactive ketones (excluding diaryl/α,β-unsaturated/α-hetero) is 1. The van der Waals surface area contributed by atoms with Crippen molar-refractivity contribution in [3.8, 4) is 0 Å². The maximum Gasteiger partial charge on any atom is 0.408 e. The molecule has 1 aromatic rings. The van der Waals surface area contributed by atoms with Gasteiger partial charge < -0.3 is 15.4 Å². The summed E-state index contributed by atoms with van der Waals surface area (Å²) in [6, 6.07) is 6.04. The highest BCUT2D eigenvalue weighted by molar-refractivity contribution is 9.10. The fourth-order valence-corrected chi connectivity index (χ4v) is 1.87. The second-order valence-electron chi connectivity index (χ2n) is 6.02. The first-order valence-electron chi connectivity index (χ1n) is 7.14. The lowest BCUT2D eigenvalue weighted by Crippen LogP contribution is -2.47. The van der Waals surface area contributed by atoms with Gasteiger partial charge in [-0.1, -0.05) is 28.1 Å². The van der Waals surface area contributed by atoms with E-state index in [1.54, 1.807) is 45.0 Å². The molecule has 0 saturated carbocycles. The molecule has 0 aliphatic carbocycles. The van der Waals surface area contributed by atoms with Crippen LogP contribution in [0.1, 0.15) is 38.1 Å². The first kappa shape index (κ1) is 19.2. The lowest BCUT2D eigenvalue weighted by Gasteiger charge is -2.21. The minimum Gasteiger partial charge on any atom is -0.444 e. The van der Waals surface area contributed by atoms with Gasteiger partial charge in [0.15, 0.2) is 5.78 Å². The van der Waals surface area contributed by atoms with Crippen LogP contribution < -0.4 is 10.6 Å². The topological polar surface area (TPSA) is 84.5 Å². The van der Waals surface area contributed by atoms with Crippen molar-refractivity contribution in [3.05, 3.63) is 34.3 Å². The van der Waals surface area contributed by atoms with Gasteiger partial charge in [-0.3, -0.25) is 9.59 Å². The third-order valence-corrected chi connectivity index (χ3v) is 3.24. The SMILES string of the molecule is CC(NC(=O)OC(C)(C)C)C(=O)NCC(=O)c1ccc(Br)cc1. The van der Waals surface area contributed by atoms with Crippen molar-refractivity contribution in [2.24, 2.45) is 0 Å². The van der Waals surface area contributed by atoms with Gasteiger partial charge in [-0.25, -0.2) is 4.79 Å². The van der Waals surface area contributed by atoms with E-state index in [0.29, 0.717) is 5.56 Å². The molecule has 1 unspecified atom stereocenters. The first-order chi connectivity index (χ1) is 10.6. The molecule has 0 aliphatic rings. The Hall–Kier alpha value is -1.89. The molecule has 2 amide bonds. The minimum absolute atomic E-state index is 0.138. The Balaban J connectivity index is 2.45. The number of ketones is 1. The highest BCUT2D eigenvalue weighted by Crippen LogP contribution is 2.10. The number of carbonyl (C=O) groups excluding carboxylic acids is 3. The predicted molar refractivity (Wildman–Crippen MR) is 90.3 cm³/mol. The van der Waals surface area contributed by atoms with Gasteiger partial charge >= 0.3 is 6.09 Å². The summed E-state index contributed by atoms with van der Waals surface area (Å²) in [7, 11) is 0. The molecule has 0 bridgehead atoms. The zero-order chi connectivity index (χ0) is 17.6. The van der Waals surface area contributed by atoms with E-state index in [9.17, 15) is 14.4 Å². The van der Waals surface area contributed by atoms with Crippen LogP contribution in [0.5, 0.6) is 0 Å². The molecular formula is C16H21BrN2O4. The molecule has 0 saturated heterocycles. The fraction of sp³-hybridized carbons (Fsp3) is 0.438. The largest absolute Gasteiger partial charge is 0.444 e. The second kappa shape index (κ2) is 8.10. The molecule has 0 radical (unpaired) electrons. The van der Waals surface area contributed by atoms with Crippen molar-refractivity contribution in [3.63, 3.8) is 0 Å². The summed E-state index contributed by atoms with van der Waals surface area (Å²) in [6.07, 6.45) is -0.681. The summed E-state index contributed by atoms with van der Waals surface area (Å²) in [5.41, 5.74) is -0.140. The molecule has 1 aromatic carbocycles. The average Bonchev–Trinajstić information content (AvgIpc) is 2.42. The molecule has 1 rings (SSSR count). The molecule has 0 heterocycles. The van der Waals surface area contributed by atoms with Gasteiger partial charge in [-0.2, -0.15) is 0 Å². The van der Waals surface area contributed by atoms with Crippen LogP contribution in [0.2, 0.25) is 0 Å². The zero-order valence-corrected chi connectivity index (χ0v) is 15.2. The number of rotatable bonds is 5. The highest BCUT2D eigenvalue weighted by Gasteiger charge is 2.21. The van der Waals surface area contributed by atoms with E-state index in [1.807, 2.05) is 0 Å². The lowest BCUT2D eigenvalue weighted by molar-refractivity contribution is -0.122. The molecule has 0 aliphatic heterocycles. The number of hydrogen-bond donors (Lipinski definition) is 2. The number of halogens is 1. The van der Waals surface area contributed by atoms with E-state index < -0.39 is 23.6 Å². The summed E-state index contributed by atoms with van der Waals surface area (Å²) >= 11 is 3.29.